The highest BCUT2D eigenvalue weighted by Gasteiger charge is 2.24. The van der Waals surface area contributed by atoms with Crippen molar-refractivity contribution in [2.24, 2.45) is 0 Å². The van der Waals surface area contributed by atoms with Crippen LogP contribution in [-0.2, 0) is 6.42 Å². The number of amides is 1. The Morgan fingerprint density at radius 1 is 1.21 bits per heavy atom. The number of benzene rings is 1. The van der Waals surface area contributed by atoms with Gasteiger partial charge in [0.25, 0.3) is 5.91 Å². The summed E-state index contributed by atoms with van der Waals surface area (Å²) in [7, 11) is 0. The molecule has 24 heavy (non-hydrogen) atoms. The van der Waals surface area contributed by atoms with E-state index in [4.69, 9.17) is 4.42 Å². The average molecular weight is 345 g/mol. The smallest absolute Gasteiger partial charge is 0.275 e. The predicted molar refractivity (Wildman–Crippen MR) is 95.4 cm³/mol. The first-order chi connectivity index (χ1) is 11.8. The molecular formula is C18H23N3O2S. The van der Waals surface area contributed by atoms with Gasteiger partial charge in [0.2, 0.25) is 0 Å². The Bertz CT molecular complexity index is 651. The van der Waals surface area contributed by atoms with E-state index in [0.717, 1.165) is 38.5 Å². The van der Waals surface area contributed by atoms with E-state index in [1.54, 1.807) is 0 Å². The molecule has 1 aliphatic heterocycles. The fourth-order valence-corrected chi connectivity index (χ4v) is 3.65. The highest BCUT2D eigenvalue weighted by atomic mass is 32.2. The minimum absolute atomic E-state index is 0.0169. The summed E-state index contributed by atoms with van der Waals surface area (Å²) in [6.07, 6.45) is 2.18. The van der Waals surface area contributed by atoms with Crippen LogP contribution in [0.5, 0.6) is 0 Å². The molecule has 1 fully saturated rings. The third-order valence-corrected chi connectivity index (χ3v) is 5.14. The summed E-state index contributed by atoms with van der Waals surface area (Å²) in [5, 5.41) is 0. The average Bonchev–Trinajstić information content (AvgIpc) is 3.12. The van der Waals surface area contributed by atoms with Crippen LogP contribution in [0.25, 0.3) is 0 Å². The van der Waals surface area contributed by atoms with E-state index >= 15 is 0 Å². The molecule has 1 aromatic heterocycles. The van der Waals surface area contributed by atoms with Crippen molar-refractivity contribution in [1.29, 1.82) is 0 Å². The summed E-state index contributed by atoms with van der Waals surface area (Å²) in [4.78, 5) is 22.2. The predicted octanol–water partition coefficient (Wildman–Crippen LogP) is 2.79. The standard InChI is InChI=1S/C18H23N3O2S/c1-2-17-19-16(14-23-17)18(22)21-10-8-20(9-11-21)12-13-24-15-6-4-3-5-7-15/h3-7,14H,2,8-13H2,1H3. The van der Waals surface area contributed by atoms with Crippen molar-refractivity contribution in [2.75, 3.05) is 38.5 Å². The largest absolute Gasteiger partial charge is 0.448 e. The maximum Gasteiger partial charge on any atom is 0.275 e. The van der Waals surface area contributed by atoms with Gasteiger partial charge in [-0.25, -0.2) is 4.98 Å². The second-order valence-electron chi connectivity index (χ2n) is 5.78. The number of carbonyl (C=O) groups excluding carboxylic acids is 1. The Kier molecular flexibility index (Phi) is 5.93. The number of aryl methyl sites for hydroxylation is 1. The molecule has 0 spiro atoms. The van der Waals surface area contributed by atoms with Crippen LogP contribution in [-0.4, -0.2) is 59.2 Å². The van der Waals surface area contributed by atoms with Crippen LogP contribution in [0.4, 0.5) is 0 Å². The Morgan fingerprint density at radius 3 is 2.62 bits per heavy atom. The number of piperazine rings is 1. The Morgan fingerprint density at radius 2 is 1.96 bits per heavy atom. The molecule has 128 valence electrons. The number of aromatic nitrogens is 1. The molecule has 0 N–H and O–H groups in total. The molecule has 0 unspecified atom stereocenters. The van der Waals surface area contributed by atoms with Crippen LogP contribution in [0.15, 0.2) is 45.9 Å². The lowest BCUT2D eigenvalue weighted by Gasteiger charge is -2.34. The number of nitrogens with zero attached hydrogens (tertiary/aromatic N) is 3. The normalized spacial score (nSPS) is 15.6. The number of oxazole rings is 1. The summed E-state index contributed by atoms with van der Waals surface area (Å²) < 4.78 is 5.27. The fourth-order valence-electron chi connectivity index (χ4n) is 2.72. The van der Waals surface area contributed by atoms with Gasteiger partial charge >= 0.3 is 0 Å². The topological polar surface area (TPSA) is 49.6 Å². The van der Waals surface area contributed by atoms with E-state index in [2.05, 4.69) is 34.1 Å². The molecule has 0 bridgehead atoms. The molecule has 0 aliphatic carbocycles. The minimum Gasteiger partial charge on any atom is -0.448 e. The van der Waals surface area contributed by atoms with Crippen molar-refractivity contribution >= 4 is 17.7 Å². The summed E-state index contributed by atoms with van der Waals surface area (Å²) in [6.45, 7) is 6.35. The molecule has 1 aromatic carbocycles. The number of hydrogen-bond acceptors (Lipinski definition) is 5. The first kappa shape index (κ1) is 17.0. The SMILES string of the molecule is CCc1nc(C(=O)N2CCN(CCSc3ccccc3)CC2)co1. The highest BCUT2D eigenvalue weighted by Crippen LogP contribution is 2.17. The molecule has 0 atom stereocenters. The van der Waals surface area contributed by atoms with Crippen molar-refractivity contribution in [3.63, 3.8) is 0 Å². The molecule has 2 aromatic rings. The molecule has 3 rings (SSSR count). The van der Waals surface area contributed by atoms with Crippen LogP contribution in [0.1, 0.15) is 23.3 Å². The molecule has 6 heteroatoms. The van der Waals surface area contributed by atoms with Crippen molar-refractivity contribution in [3.05, 3.63) is 48.2 Å². The van der Waals surface area contributed by atoms with Gasteiger partial charge in [-0.15, -0.1) is 11.8 Å². The van der Waals surface area contributed by atoms with Crippen LogP contribution in [0.3, 0.4) is 0 Å². The quantitative estimate of drug-likeness (QED) is 0.754. The van der Waals surface area contributed by atoms with Gasteiger partial charge < -0.3 is 9.32 Å². The summed E-state index contributed by atoms with van der Waals surface area (Å²) in [6, 6.07) is 10.5. The van der Waals surface area contributed by atoms with Crippen molar-refractivity contribution < 1.29 is 9.21 Å². The molecule has 0 radical (unpaired) electrons. The molecule has 5 nitrogen and oxygen atoms in total. The minimum atomic E-state index is -0.0169. The van der Waals surface area contributed by atoms with Gasteiger partial charge in [-0.05, 0) is 12.1 Å². The monoisotopic (exact) mass is 345 g/mol. The third-order valence-electron chi connectivity index (χ3n) is 4.15. The number of hydrogen-bond donors (Lipinski definition) is 0. The molecular weight excluding hydrogens is 322 g/mol. The van der Waals surface area contributed by atoms with Gasteiger partial charge in [-0.2, -0.15) is 0 Å². The van der Waals surface area contributed by atoms with Gasteiger partial charge in [0.05, 0.1) is 0 Å². The molecule has 1 amide bonds. The molecule has 0 saturated carbocycles. The zero-order valence-electron chi connectivity index (χ0n) is 14.0. The van der Waals surface area contributed by atoms with E-state index in [0.29, 0.717) is 18.0 Å². The maximum absolute atomic E-state index is 12.4. The van der Waals surface area contributed by atoms with E-state index in [9.17, 15) is 4.79 Å². The third kappa shape index (κ3) is 4.39. The van der Waals surface area contributed by atoms with Gasteiger partial charge in [0.1, 0.15) is 6.26 Å². The van der Waals surface area contributed by atoms with Crippen LogP contribution in [0.2, 0.25) is 0 Å². The van der Waals surface area contributed by atoms with Crippen LogP contribution < -0.4 is 0 Å². The highest BCUT2D eigenvalue weighted by molar-refractivity contribution is 7.99. The number of rotatable bonds is 6. The Hall–Kier alpha value is -1.79. The van der Waals surface area contributed by atoms with Gasteiger partial charge in [0, 0.05) is 49.8 Å². The second kappa shape index (κ2) is 8.35. The summed E-state index contributed by atoms with van der Waals surface area (Å²) in [5.74, 6) is 1.67. The number of carbonyl (C=O) groups is 1. The number of thioether (sulfide) groups is 1. The maximum atomic E-state index is 12.4. The lowest BCUT2D eigenvalue weighted by molar-refractivity contribution is 0.0638. The van der Waals surface area contributed by atoms with Crippen molar-refractivity contribution in [2.45, 2.75) is 18.2 Å². The first-order valence-electron chi connectivity index (χ1n) is 8.40. The lowest BCUT2D eigenvalue weighted by Crippen LogP contribution is -2.49. The molecule has 1 aliphatic rings. The van der Waals surface area contributed by atoms with Crippen LogP contribution in [0, 0.1) is 0 Å². The van der Waals surface area contributed by atoms with E-state index in [1.165, 1.54) is 11.2 Å². The summed E-state index contributed by atoms with van der Waals surface area (Å²) in [5.41, 5.74) is 0.430. The van der Waals surface area contributed by atoms with Gasteiger partial charge in [0.15, 0.2) is 11.6 Å². The molecule has 1 saturated heterocycles. The molecule has 2 heterocycles. The van der Waals surface area contributed by atoms with Crippen molar-refractivity contribution in [3.8, 4) is 0 Å². The van der Waals surface area contributed by atoms with Crippen LogP contribution >= 0.6 is 11.8 Å². The summed E-state index contributed by atoms with van der Waals surface area (Å²) >= 11 is 1.88. The first-order valence-corrected chi connectivity index (χ1v) is 9.38. The zero-order chi connectivity index (χ0) is 16.8. The zero-order valence-corrected chi connectivity index (χ0v) is 14.8. The van der Waals surface area contributed by atoms with E-state index in [1.807, 2.05) is 29.7 Å². The lowest BCUT2D eigenvalue weighted by atomic mass is 10.3. The fraction of sp³-hybridized carbons (Fsp3) is 0.444. The van der Waals surface area contributed by atoms with Gasteiger partial charge in [-0.3, -0.25) is 9.69 Å². The Balaban J connectivity index is 1.41. The van der Waals surface area contributed by atoms with Crippen molar-refractivity contribution in [1.82, 2.24) is 14.8 Å². The Labute approximate surface area is 147 Å². The van der Waals surface area contributed by atoms with Gasteiger partial charge in [-0.1, -0.05) is 25.1 Å². The van der Waals surface area contributed by atoms with E-state index in [-0.39, 0.29) is 5.91 Å². The second-order valence-corrected chi connectivity index (χ2v) is 6.94. The van der Waals surface area contributed by atoms with E-state index < -0.39 is 0 Å².